The Morgan fingerprint density at radius 1 is 1.28 bits per heavy atom. The first-order chi connectivity index (χ1) is 8.63. The largest absolute Gasteiger partial charge is 0.456 e. The summed E-state index contributed by atoms with van der Waals surface area (Å²) in [5, 5.41) is 0. The number of hydrogen-bond donors (Lipinski definition) is 1. The van der Waals surface area contributed by atoms with E-state index in [0.717, 1.165) is 12.2 Å². The van der Waals surface area contributed by atoms with Crippen molar-refractivity contribution in [2.45, 2.75) is 13.3 Å². The van der Waals surface area contributed by atoms with E-state index in [2.05, 4.69) is 0 Å². The summed E-state index contributed by atoms with van der Waals surface area (Å²) in [4.78, 5) is 13.7. The highest BCUT2D eigenvalue weighted by Gasteiger charge is 2.18. The second-order valence-electron chi connectivity index (χ2n) is 4.04. The molecule has 4 nitrogen and oxygen atoms in total. The van der Waals surface area contributed by atoms with Gasteiger partial charge < -0.3 is 15.1 Å². The predicted molar refractivity (Wildman–Crippen MR) is 71.7 cm³/mol. The molecule has 0 aliphatic heterocycles. The van der Waals surface area contributed by atoms with Crippen LogP contribution in [0.2, 0.25) is 0 Å². The zero-order valence-electron chi connectivity index (χ0n) is 10.5. The highest BCUT2D eigenvalue weighted by molar-refractivity contribution is 6.05. The van der Waals surface area contributed by atoms with E-state index in [0.29, 0.717) is 17.1 Å². The summed E-state index contributed by atoms with van der Waals surface area (Å²) in [6, 6.07) is 10.7. The van der Waals surface area contributed by atoms with Crippen molar-refractivity contribution in [3.8, 4) is 0 Å². The summed E-state index contributed by atoms with van der Waals surface area (Å²) in [5.41, 5.74) is 7.09. The molecule has 2 rings (SSSR count). The maximum Gasteiger partial charge on any atom is 0.293 e. The van der Waals surface area contributed by atoms with Gasteiger partial charge in [-0.05, 0) is 24.3 Å². The van der Waals surface area contributed by atoms with Crippen molar-refractivity contribution in [3.05, 3.63) is 47.9 Å². The lowest BCUT2D eigenvalue weighted by molar-refractivity contribution is 0.0965. The zero-order chi connectivity index (χ0) is 13.1. The molecular weight excluding hydrogens is 228 g/mol. The quantitative estimate of drug-likeness (QED) is 0.844. The van der Waals surface area contributed by atoms with Crippen LogP contribution < -0.4 is 10.6 Å². The molecule has 0 unspecified atom stereocenters. The van der Waals surface area contributed by atoms with Gasteiger partial charge in [-0.15, -0.1) is 0 Å². The SMILES string of the molecule is CCc1ccc(C(=O)N(C)c2ccccc2N)o1. The summed E-state index contributed by atoms with van der Waals surface area (Å²) < 4.78 is 5.45. The van der Waals surface area contributed by atoms with Gasteiger partial charge in [0.05, 0.1) is 11.4 Å². The number of hydrogen-bond acceptors (Lipinski definition) is 3. The van der Waals surface area contributed by atoms with E-state index in [-0.39, 0.29) is 5.91 Å². The molecule has 0 saturated heterocycles. The molecule has 2 N–H and O–H groups in total. The first kappa shape index (κ1) is 12.2. The van der Waals surface area contributed by atoms with Crippen molar-refractivity contribution >= 4 is 17.3 Å². The number of rotatable bonds is 3. The summed E-state index contributed by atoms with van der Waals surface area (Å²) in [5.74, 6) is 0.929. The lowest BCUT2D eigenvalue weighted by Gasteiger charge is -2.17. The number of anilines is 2. The Morgan fingerprint density at radius 3 is 2.61 bits per heavy atom. The van der Waals surface area contributed by atoms with Gasteiger partial charge in [0.15, 0.2) is 5.76 Å². The smallest absolute Gasteiger partial charge is 0.293 e. The summed E-state index contributed by atoms with van der Waals surface area (Å²) in [6.07, 6.45) is 0.768. The molecule has 1 aromatic carbocycles. The average Bonchev–Trinajstić information content (AvgIpc) is 2.86. The Balaban J connectivity index is 2.26. The Labute approximate surface area is 106 Å². The van der Waals surface area contributed by atoms with Gasteiger partial charge in [-0.1, -0.05) is 19.1 Å². The van der Waals surface area contributed by atoms with Gasteiger partial charge in [0.2, 0.25) is 0 Å². The Morgan fingerprint density at radius 2 is 2.00 bits per heavy atom. The molecular formula is C14H16N2O2. The fourth-order valence-electron chi connectivity index (χ4n) is 1.75. The third kappa shape index (κ3) is 2.22. The highest BCUT2D eigenvalue weighted by atomic mass is 16.4. The molecule has 1 aromatic heterocycles. The van der Waals surface area contributed by atoms with E-state index in [1.54, 1.807) is 25.2 Å². The van der Waals surface area contributed by atoms with E-state index >= 15 is 0 Å². The summed E-state index contributed by atoms with van der Waals surface area (Å²) in [7, 11) is 1.68. The maximum atomic E-state index is 12.2. The number of nitrogens with zero attached hydrogens (tertiary/aromatic N) is 1. The van der Waals surface area contributed by atoms with E-state index in [9.17, 15) is 4.79 Å². The number of carbonyl (C=O) groups excluding carboxylic acids is 1. The van der Waals surface area contributed by atoms with Crippen molar-refractivity contribution in [3.63, 3.8) is 0 Å². The van der Waals surface area contributed by atoms with E-state index < -0.39 is 0 Å². The molecule has 0 bridgehead atoms. The minimum Gasteiger partial charge on any atom is -0.456 e. The number of nitrogen functional groups attached to an aromatic ring is 1. The molecule has 1 heterocycles. The van der Waals surface area contributed by atoms with E-state index in [1.165, 1.54) is 4.90 Å². The lowest BCUT2D eigenvalue weighted by atomic mass is 10.2. The molecule has 0 spiro atoms. The molecule has 18 heavy (non-hydrogen) atoms. The van der Waals surface area contributed by atoms with Crippen LogP contribution in [-0.2, 0) is 6.42 Å². The van der Waals surface area contributed by atoms with Gasteiger partial charge in [-0.3, -0.25) is 4.79 Å². The van der Waals surface area contributed by atoms with Gasteiger partial charge in [-0.25, -0.2) is 0 Å². The fourth-order valence-corrected chi connectivity index (χ4v) is 1.75. The van der Waals surface area contributed by atoms with Crippen molar-refractivity contribution < 1.29 is 9.21 Å². The molecule has 0 radical (unpaired) electrons. The lowest BCUT2D eigenvalue weighted by Crippen LogP contribution is -2.26. The molecule has 4 heteroatoms. The second-order valence-corrected chi connectivity index (χ2v) is 4.04. The van der Waals surface area contributed by atoms with Crippen molar-refractivity contribution in [2.24, 2.45) is 0 Å². The minimum absolute atomic E-state index is 0.201. The molecule has 0 saturated carbocycles. The topological polar surface area (TPSA) is 59.5 Å². The molecule has 1 amide bonds. The van der Waals surface area contributed by atoms with Crippen molar-refractivity contribution in [1.29, 1.82) is 0 Å². The molecule has 94 valence electrons. The predicted octanol–water partition coefficient (Wildman–Crippen LogP) is 2.70. The molecule has 0 aliphatic rings. The van der Waals surface area contributed by atoms with Gasteiger partial charge in [-0.2, -0.15) is 0 Å². The number of nitrogens with two attached hydrogens (primary N) is 1. The Hall–Kier alpha value is -2.23. The van der Waals surface area contributed by atoms with Gasteiger partial charge in [0.25, 0.3) is 5.91 Å². The molecule has 0 fully saturated rings. The van der Waals surface area contributed by atoms with Crippen LogP contribution in [-0.4, -0.2) is 13.0 Å². The van der Waals surface area contributed by atoms with Gasteiger partial charge in [0, 0.05) is 13.5 Å². The first-order valence-corrected chi connectivity index (χ1v) is 5.84. The van der Waals surface area contributed by atoms with Gasteiger partial charge >= 0.3 is 0 Å². The fraction of sp³-hybridized carbons (Fsp3) is 0.214. The molecule has 0 aliphatic carbocycles. The second kappa shape index (κ2) is 4.96. The van der Waals surface area contributed by atoms with Crippen LogP contribution in [0.5, 0.6) is 0 Å². The molecule has 0 atom stereocenters. The standard InChI is InChI=1S/C14H16N2O2/c1-3-10-8-9-13(18-10)14(17)16(2)12-7-5-4-6-11(12)15/h4-9H,3,15H2,1-2H3. The van der Waals surface area contributed by atoms with Crippen molar-refractivity contribution in [2.75, 3.05) is 17.7 Å². The van der Waals surface area contributed by atoms with Gasteiger partial charge in [0.1, 0.15) is 5.76 Å². The third-order valence-corrected chi connectivity index (χ3v) is 2.82. The van der Waals surface area contributed by atoms with E-state index in [1.807, 2.05) is 25.1 Å². The Bertz CT molecular complexity index is 560. The van der Waals surface area contributed by atoms with Crippen LogP contribution in [0.25, 0.3) is 0 Å². The zero-order valence-corrected chi connectivity index (χ0v) is 10.5. The van der Waals surface area contributed by atoms with Crippen LogP contribution in [0.15, 0.2) is 40.8 Å². The van der Waals surface area contributed by atoms with Crippen LogP contribution in [0.1, 0.15) is 23.2 Å². The van der Waals surface area contributed by atoms with E-state index in [4.69, 9.17) is 10.2 Å². The number of benzene rings is 1. The molecule has 2 aromatic rings. The number of para-hydroxylation sites is 2. The summed E-state index contributed by atoms with van der Waals surface area (Å²) in [6.45, 7) is 1.98. The highest BCUT2D eigenvalue weighted by Crippen LogP contribution is 2.23. The van der Waals surface area contributed by atoms with Crippen LogP contribution >= 0.6 is 0 Å². The van der Waals surface area contributed by atoms with Crippen LogP contribution in [0, 0.1) is 0 Å². The minimum atomic E-state index is -0.201. The number of aryl methyl sites for hydroxylation is 1. The normalized spacial score (nSPS) is 10.3. The van der Waals surface area contributed by atoms with Crippen molar-refractivity contribution in [1.82, 2.24) is 0 Å². The van der Waals surface area contributed by atoms with Crippen LogP contribution in [0.3, 0.4) is 0 Å². The number of amides is 1. The third-order valence-electron chi connectivity index (χ3n) is 2.82. The summed E-state index contributed by atoms with van der Waals surface area (Å²) >= 11 is 0. The van der Waals surface area contributed by atoms with Crippen LogP contribution in [0.4, 0.5) is 11.4 Å². The maximum absolute atomic E-state index is 12.2. The average molecular weight is 244 g/mol. The number of carbonyl (C=O) groups is 1. The first-order valence-electron chi connectivity index (χ1n) is 5.84. The Kier molecular flexibility index (Phi) is 3.37. The monoisotopic (exact) mass is 244 g/mol. The number of furan rings is 1.